The van der Waals surface area contributed by atoms with E-state index in [1.165, 1.54) is 0 Å². The molecule has 1 heterocycles. The highest BCUT2D eigenvalue weighted by Gasteiger charge is 2.28. The summed E-state index contributed by atoms with van der Waals surface area (Å²) in [6.07, 6.45) is 2.03. The molecule has 2 atom stereocenters. The molecule has 2 nitrogen and oxygen atoms in total. The Morgan fingerprint density at radius 3 is 3.00 bits per heavy atom. The van der Waals surface area contributed by atoms with Crippen LogP contribution in [0, 0.1) is 5.92 Å². The van der Waals surface area contributed by atoms with Gasteiger partial charge in [-0.2, -0.15) is 0 Å². The van der Waals surface area contributed by atoms with Gasteiger partial charge in [-0.15, -0.1) is 0 Å². The van der Waals surface area contributed by atoms with E-state index in [1.54, 1.807) is 0 Å². The molecule has 0 unspecified atom stereocenters. The molecular weight excluding hydrogens is 126 g/mol. The van der Waals surface area contributed by atoms with Crippen molar-refractivity contribution in [3.63, 3.8) is 0 Å². The quantitative estimate of drug-likeness (QED) is 0.524. The summed E-state index contributed by atoms with van der Waals surface area (Å²) >= 11 is 0. The van der Waals surface area contributed by atoms with Gasteiger partial charge in [-0.05, 0) is 32.2 Å². The van der Waals surface area contributed by atoms with Gasteiger partial charge in [0.1, 0.15) is 0 Å². The number of hydrogen-bond acceptors (Lipinski definition) is 2. The van der Waals surface area contributed by atoms with Crippen LogP contribution in [-0.4, -0.2) is 23.8 Å². The highest BCUT2D eigenvalue weighted by atomic mass is 16.3. The molecule has 60 valence electrons. The van der Waals surface area contributed by atoms with E-state index in [9.17, 15) is 5.11 Å². The number of aliphatic hydroxyl groups is 1. The standard InChI is InChI=1S/C8H17NO/c1-7-6-9-5-3-4-8(7,2)10/h7,9-10H,3-6H2,1-2H3/t7-,8+/m0/s1. The summed E-state index contributed by atoms with van der Waals surface area (Å²) in [4.78, 5) is 0. The Morgan fingerprint density at radius 1 is 1.60 bits per heavy atom. The molecule has 0 spiro atoms. The summed E-state index contributed by atoms with van der Waals surface area (Å²) in [6, 6.07) is 0. The number of nitrogens with one attached hydrogen (secondary N) is 1. The first kappa shape index (κ1) is 8.02. The molecule has 10 heavy (non-hydrogen) atoms. The van der Waals surface area contributed by atoms with E-state index < -0.39 is 5.60 Å². The van der Waals surface area contributed by atoms with Gasteiger partial charge >= 0.3 is 0 Å². The van der Waals surface area contributed by atoms with Crippen molar-refractivity contribution in [3.05, 3.63) is 0 Å². The zero-order valence-electron chi connectivity index (χ0n) is 6.85. The molecule has 0 saturated carbocycles. The molecule has 0 aromatic carbocycles. The Balaban J connectivity index is 2.52. The van der Waals surface area contributed by atoms with Gasteiger partial charge in [0.2, 0.25) is 0 Å². The average molecular weight is 143 g/mol. The van der Waals surface area contributed by atoms with Crippen molar-refractivity contribution >= 4 is 0 Å². The number of rotatable bonds is 0. The molecule has 1 saturated heterocycles. The van der Waals surface area contributed by atoms with Gasteiger partial charge in [-0.3, -0.25) is 0 Å². The fraction of sp³-hybridized carbons (Fsp3) is 1.00. The van der Waals surface area contributed by atoms with Crippen LogP contribution >= 0.6 is 0 Å². The van der Waals surface area contributed by atoms with Crippen LogP contribution in [0.4, 0.5) is 0 Å². The minimum Gasteiger partial charge on any atom is -0.390 e. The first-order valence-corrected chi connectivity index (χ1v) is 4.06. The highest BCUT2D eigenvalue weighted by molar-refractivity contribution is 4.83. The predicted molar refractivity (Wildman–Crippen MR) is 41.9 cm³/mol. The zero-order chi connectivity index (χ0) is 7.61. The summed E-state index contributed by atoms with van der Waals surface area (Å²) in [7, 11) is 0. The monoisotopic (exact) mass is 143 g/mol. The Hall–Kier alpha value is -0.0800. The third kappa shape index (κ3) is 1.70. The second-order valence-corrected chi connectivity index (χ2v) is 3.57. The third-order valence-electron chi connectivity index (χ3n) is 2.55. The van der Waals surface area contributed by atoms with Crippen LogP contribution in [0.3, 0.4) is 0 Å². The SMILES string of the molecule is C[C@H]1CNCCC[C@@]1(C)O. The lowest BCUT2D eigenvalue weighted by molar-refractivity contribution is 0.00520. The first-order chi connectivity index (χ1) is 4.63. The third-order valence-corrected chi connectivity index (χ3v) is 2.55. The van der Waals surface area contributed by atoms with Crippen molar-refractivity contribution < 1.29 is 5.11 Å². The summed E-state index contributed by atoms with van der Waals surface area (Å²) in [5.74, 6) is 0.384. The minimum atomic E-state index is -0.441. The van der Waals surface area contributed by atoms with Gasteiger partial charge in [-0.1, -0.05) is 6.92 Å². The Morgan fingerprint density at radius 2 is 2.30 bits per heavy atom. The lowest BCUT2D eigenvalue weighted by Gasteiger charge is -2.27. The van der Waals surface area contributed by atoms with Crippen molar-refractivity contribution in [3.8, 4) is 0 Å². The minimum absolute atomic E-state index is 0.384. The molecule has 0 bridgehead atoms. The molecule has 1 aliphatic heterocycles. The lowest BCUT2D eigenvalue weighted by Crippen LogP contribution is -2.35. The van der Waals surface area contributed by atoms with E-state index in [0.29, 0.717) is 5.92 Å². The molecule has 1 fully saturated rings. The molecule has 0 radical (unpaired) electrons. The Labute approximate surface area is 62.6 Å². The van der Waals surface area contributed by atoms with Crippen molar-refractivity contribution in [1.29, 1.82) is 0 Å². The summed E-state index contributed by atoms with van der Waals surface area (Å²) in [6.45, 7) is 6.04. The molecule has 2 heteroatoms. The highest BCUT2D eigenvalue weighted by Crippen LogP contribution is 2.23. The largest absolute Gasteiger partial charge is 0.390 e. The van der Waals surface area contributed by atoms with E-state index >= 15 is 0 Å². The van der Waals surface area contributed by atoms with Gasteiger partial charge in [-0.25, -0.2) is 0 Å². The van der Waals surface area contributed by atoms with Crippen LogP contribution in [0.2, 0.25) is 0 Å². The maximum absolute atomic E-state index is 9.78. The van der Waals surface area contributed by atoms with Crippen molar-refractivity contribution in [2.24, 2.45) is 5.92 Å². The smallest absolute Gasteiger partial charge is 0.0657 e. The zero-order valence-corrected chi connectivity index (χ0v) is 6.85. The molecular formula is C8H17NO. The van der Waals surface area contributed by atoms with Crippen molar-refractivity contribution in [2.45, 2.75) is 32.3 Å². The van der Waals surface area contributed by atoms with E-state index in [0.717, 1.165) is 25.9 Å². The summed E-state index contributed by atoms with van der Waals surface area (Å²) in [5.41, 5.74) is -0.441. The van der Waals surface area contributed by atoms with Gasteiger partial charge < -0.3 is 10.4 Å². The fourth-order valence-electron chi connectivity index (χ4n) is 1.36. The molecule has 0 aliphatic carbocycles. The molecule has 0 amide bonds. The Kier molecular flexibility index (Phi) is 2.32. The number of hydrogen-bond donors (Lipinski definition) is 2. The molecule has 1 aliphatic rings. The molecule has 0 aromatic heterocycles. The topological polar surface area (TPSA) is 32.3 Å². The van der Waals surface area contributed by atoms with Crippen LogP contribution in [0.25, 0.3) is 0 Å². The van der Waals surface area contributed by atoms with Crippen LogP contribution in [-0.2, 0) is 0 Å². The maximum atomic E-state index is 9.78. The Bertz CT molecular complexity index is 112. The normalized spacial score (nSPS) is 42.9. The van der Waals surface area contributed by atoms with Crippen LogP contribution in [0.1, 0.15) is 26.7 Å². The van der Waals surface area contributed by atoms with Gasteiger partial charge in [0.05, 0.1) is 5.60 Å². The molecule has 0 aromatic rings. The first-order valence-electron chi connectivity index (χ1n) is 4.06. The van der Waals surface area contributed by atoms with Crippen molar-refractivity contribution in [1.82, 2.24) is 5.32 Å². The van der Waals surface area contributed by atoms with E-state index in [2.05, 4.69) is 12.2 Å². The maximum Gasteiger partial charge on any atom is 0.0657 e. The molecule has 2 N–H and O–H groups in total. The van der Waals surface area contributed by atoms with Crippen LogP contribution in [0.15, 0.2) is 0 Å². The van der Waals surface area contributed by atoms with Gasteiger partial charge in [0, 0.05) is 6.54 Å². The summed E-state index contributed by atoms with van der Waals surface area (Å²) in [5, 5.41) is 13.1. The van der Waals surface area contributed by atoms with Crippen molar-refractivity contribution in [2.75, 3.05) is 13.1 Å². The van der Waals surface area contributed by atoms with Gasteiger partial charge in [0.25, 0.3) is 0 Å². The second-order valence-electron chi connectivity index (χ2n) is 3.57. The van der Waals surface area contributed by atoms with Crippen LogP contribution in [0.5, 0.6) is 0 Å². The van der Waals surface area contributed by atoms with E-state index in [4.69, 9.17) is 0 Å². The average Bonchev–Trinajstić information content (AvgIpc) is 1.96. The van der Waals surface area contributed by atoms with E-state index in [-0.39, 0.29) is 0 Å². The molecule has 1 rings (SSSR count). The lowest BCUT2D eigenvalue weighted by atomic mass is 9.88. The van der Waals surface area contributed by atoms with Crippen LogP contribution < -0.4 is 5.32 Å². The predicted octanol–water partition coefficient (Wildman–Crippen LogP) is 0.757. The fourth-order valence-corrected chi connectivity index (χ4v) is 1.36. The van der Waals surface area contributed by atoms with E-state index in [1.807, 2.05) is 6.92 Å². The van der Waals surface area contributed by atoms with Gasteiger partial charge in [0.15, 0.2) is 0 Å². The summed E-state index contributed by atoms with van der Waals surface area (Å²) < 4.78 is 0. The second kappa shape index (κ2) is 2.89.